The molecule has 3 N–H and O–H groups in total. The van der Waals surface area contributed by atoms with E-state index < -0.39 is 16.0 Å². The summed E-state index contributed by atoms with van der Waals surface area (Å²) in [5, 5.41) is 14.0. The number of hydrogen-bond acceptors (Lipinski definition) is 5. The van der Waals surface area contributed by atoms with Gasteiger partial charge in [0, 0.05) is 5.69 Å². The van der Waals surface area contributed by atoms with E-state index in [9.17, 15) is 13.2 Å². The number of benzene rings is 2. The fourth-order valence-corrected chi connectivity index (χ4v) is 2.35. The molecule has 0 aliphatic rings. The molecule has 0 aliphatic carbocycles. The quantitative estimate of drug-likeness (QED) is 0.724. The van der Waals surface area contributed by atoms with Crippen molar-refractivity contribution < 1.29 is 17.8 Å². The molecule has 118 valence electrons. The molecule has 0 spiro atoms. The van der Waals surface area contributed by atoms with Crippen LogP contribution in [0.3, 0.4) is 0 Å². The van der Waals surface area contributed by atoms with Crippen LogP contribution in [0.5, 0.6) is 0 Å². The van der Waals surface area contributed by atoms with E-state index in [1.165, 1.54) is 12.1 Å². The Morgan fingerprint density at radius 1 is 1.13 bits per heavy atom. The Labute approximate surface area is 133 Å². The zero-order valence-electron chi connectivity index (χ0n) is 11.9. The van der Waals surface area contributed by atoms with Gasteiger partial charge in [-0.15, -0.1) is 0 Å². The minimum Gasteiger partial charge on any atom is -0.354 e. The second-order valence-electron chi connectivity index (χ2n) is 4.56. The van der Waals surface area contributed by atoms with Crippen molar-refractivity contribution in [1.82, 2.24) is 0 Å². The van der Waals surface area contributed by atoms with E-state index in [-0.39, 0.29) is 17.0 Å². The van der Waals surface area contributed by atoms with Crippen molar-refractivity contribution in [2.45, 2.75) is 11.3 Å². The molecule has 0 unspecified atom stereocenters. The SMILES string of the molecule is N#CCC(=O)Nc1cc(S(=O)(=O)O)ccc1Nc1ccccc1. The molecule has 0 fully saturated rings. The number of nitrogens with one attached hydrogen (secondary N) is 2. The summed E-state index contributed by atoms with van der Waals surface area (Å²) in [4.78, 5) is 11.2. The van der Waals surface area contributed by atoms with Crippen molar-refractivity contribution in [2.75, 3.05) is 10.6 Å². The van der Waals surface area contributed by atoms with Crippen molar-refractivity contribution in [3.8, 4) is 6.07 Å². The van der Waals surface area contributed by atoms with E-state index in [2.05, 4.69) is 10.6 Å². The van der Waals surface area contributed by atoms with Crippen molar-refractivity contribution in [1.29, 1.82) is 5.26 Å². The third-order valence-electron chi connectivity index (χ3n) is 2.86. The van der Waals surface area contributed by atoms with E-state index in [1.54, 1.807) is 18.2 Å². The lowest BCUT2D eigenvalue weighted by Gasteiger charge is -2.13. The summed E-state index contributed by atoms with van der Waals surface area (Å²) < 4.78 is 31.6. The van der Waals surface area contributed by atoms with Crippen molar-refractivity contribution in [2.24, 2.45) is 0 Å². The van der Waals surface area contributed by atoms with Gasteiger partial charge in [0.25, 0.3) is 10.1 Å². The van der Waals surface area contributed by atoms with Crippen molar-refractivity contribution in [3.05, 3.63) is 48.5 Å². The highest BCUT2D eigenvalue weighted by molar-refractivity contribution is 7.85. The summed E-state index contributed by atoms with van der Waals surface area (Å²) in [5.41, 5.74) is 1.29. The molecule has 0 saturated carbocycles. The Morgan fingerprint density at radius 3 is 2.43 bits per heavy atom. The summed E-state index contributed by atoms with van der Waals surface area (Å²) >= 11 is 0. The van der Waals surface area contributed by atoms with Gasteiger partial charge in [0.1, 0.15) is 6.42 Å². The van der Waals surface area contributed by atoms with Gasteiger partial charge in [-0.05, 0) is 30.3 Å². The topological polar surface area (TPSA) is 119 Å². The Hall–Kier alpha value is -2.89. The van der Waals surface area contributed by atoms with Crippen LogP contribution in [0.1, 0.15) is 6.42 Å². The number of hydrogen-bond donors (Lipinski definition) is 3. The first-order valence-electron chi connectivity index (χ1n) is 6.50. The van der Waals surface area contributed by atoms with Crippen LogP contribution in [0.25, 0.3) is 0 Å². The molecule has 0 aromatic heterocycles. The molecule has 1 amide bonds. The Balaban J connectivity index is 2.40. The summed E-state index contributed by atoms with van der Waals surface area (Å²) in [6, 6.07) is 14.5. The van der Waals surface area contributed by atoms with Gasteiger partial charge >= 0.3 is 0 Å². The smallest absolute Gasteiger partial charge is 0.294 e. The standard InChI is InChI=1S/C15H13N3O4S/c16-9-8-15(19)18-14-10-12(23(20,21)22)6-7-13(14)17-11-4-2-1-3-5-11/h1-7,10,17H,8H2,(H,18,19)(H,20,21,22). The van der Waals surface area contributed by atoms with Crippen LogP contribution in [0.2, 0.25) is 0 Å². The Morgan fingerprint density at radius 2 is 1.83 bits per heavy atom. The van der Waals surface area contributed by atoms with Gasteiger partial charge in [0.15, 0.2) is 0 Å². The molecule has 23 heavy (non-hydrogen) atoms. The summed E-state index contributed by atoms with van der Waals surface area (Å²) in [7, 11) is -4.41. The van der Waals surface area contributed by atoms with Crippen LogP contribution in [-0.4, -0.2) is 18.9 Å². The third-order valence-corrected chi connectivity index (χ3v) is 3.71. The summed E-state index contributed by atoms with van der Waals surface area (Å²) in [6.07, 6.45) is -0.374. The van der Waals surface area contributed by atoms with Crippen LogP contribution in [0, 0.1) is 11.3 Å². The van der Waals surface area contributed by atoms with E-state index in [0.29, 0.717) is 5.69 Å². The first-order valence-corrected chi connectivity index (χ1v) is 7.94. The number of carbonyl (C=O) groups excluding carboxylic acids is 1. The molecule has 2 rings (SSSR count). The highest BCUT2D eigenvalue weighted by Crippen LogP contribution is 2.28. The second kappa shape index (κ2) is 6.91. The van der Waals surface area contributed by atoms with Crippen LogP contribution in [-0.2, 0) is 14.9 Å². The number of rotatable bonds is 5. The number of para-hydroxylation sites is 1. The van der Waals surface area contributed by atoms with Gasteiger partial charge in [0.2, 0.25) is 5.91 Å². The molecule has 2 aromatic rings. The lowest BCUT2D eigenvalue weighted by atomic mass is 10.2. The maximum atomic E-state index is 11.6. The fourth-order valence-electron chi connectivity index (χ4n) is 1.84. The largest absolute Gasteiger partial charge is 0.354 e. The molecule has 0 saturated heterocycles. The number of nitrogens with zero attached hydrogens (tertiary/aromatic N) is 1. The summed E-state index contributed by atoms with van der Waals surface area (Å²) in [6.45, 7) is 0. The van der Waals surface area contributed by atoms with E-state index in [0.717, 1.165) is 11.8 Å². The first-order chi connectivity index (χ1) is 10.9. The molecule has 0 aliphatic heterocycles. The van der Waals surface area contributed by atoms with Gasteiger partial charge in [-0.2, -0.15) is 13.7 Å². The third kappa shape index (κ3) is 4.54. The Bertz CT molecular complexity index is 858. The van der Waals surface area contributed by atoms with Gasteiger partial charge in [-0.25, -0.2) is 0 Å². The molecule has 0 bridgehead atoms. The number of amides is 1. The molecule has 8 heteroatoms. The number of nitriles is 1. The first kappa shape index (κ1) is 16.5. The maximum absolute atomic E-state index is 11.6. The highest BCUT2D eigenvalue weighted by atomic mass is 32.2. The molecule has 2 aromatic carbocycles. The van der Waals surface area contributed by atoms with Crippen molar-refractivity contribution >= 4 is 33.1 Å². The summed E-state index contributed by atoms with van der Waals surface area (Å²) in [5.74, 6) is -0.587. The van der Waals surface area contributed by atoms with E-state index in [4.69, 9.17) is 9.81 Å². The van der Waals surface area contributed by atoms with Crippen LogP contribution in [0.15, 0.2) is 53.4 Å². The molecule has 0 heterocycles. The van der Waals surface area contributed by atoms with Gasteiger partial charge < -0.3 is 10.6 Å². The zero-order chi connectivity index (χ0) is 16.9. The normalized spacial score (nSPS) is 10.6. The van der Waals surface area contributed by atoms with Gasteiger partial charge in [-0.1, -0.05) is 18.2 Å². The highest BCUT2D eigenvalue weighted by Gasteiger charge is 2.14. The lowest BCUT2D eigenvalue weighted by Crippen LogP contribution is -2.12. The minimum absolute atomic E-state index is 0.143. The fraction of sp³-hybridized carbons (Fsp3) is 0.0667. The number of carbonyl (C=O) groups is 1. The van der Waals surface area contributed by atoms with Crippen LogP contribution < -0.4 is 10.6 Å². The molecule has 0 radical (unpaired) electrons. The average molecular weight is 331 g/mol. The Kier molecular flexibility index (Phi) is 4.95. The number of anilines is 3. The minimum atomic E-state index is -4.41. The average Bonchev–Trinajstić information content (AvgIpc) is 2.49. The molecular weight excluding hydrogens is 318 g/mol. The van der Waals surface area contributed by atoms with Gasteiger partial charge in [0.05, 0.1) is 22.3 Å². The molecule has 7 nitrogen and oxygen atoms in total. The van der Waals surface area contributed by atoms with E-state index >= 15 is 0 Å². The maximum Gasteiger partial charge on any atom is 0.294 e. The van der Waals surface area contributed by atoms with E-state index in [1.807, 2.05) is 18.2 Å². The predicted octanol–water partition coefficient (Wildman–Crippen LogP) is 2.53. The monoisotopic (exact) mass is 331 g/mol. The molecular formula is C15H13N3O4S. The predicted molar refractivity (Wildman–Crippen MR) is 84.8 cm³/mol. The van der Waals surface area contributed by atoms with Crippen LogP contribution >= 0.6 is 0 Å². The molecule has 0 atom stereocenters. The lowest BCUT2D eigenvalue weighted by molar-refractivity contribution is -0.115. The second-order valence-corrected chi connectivity index (χ2v) is 5.98. The van der Waals surface area contributed by atoms with Gasteiger partial charge in [-0.3, -0.25) is 9.35 Å². The van der Waals surface area contributed by atoms with Crippen LogP contribution in [0.4, 0.5) is 17.1 Å². The van der Waals surface area contributed by atoms with Crippen molar-refractivity contribution in [3.63, 3.8) is 0 Å². The zero-order valence-corrected chi connectivity index (χ0v) is 12.7.